The van der Waals surface area contributed by atoms with Crippen molar-refractivity contribution in [1.29, 1.82) is 0 Å². The van der Waals surface area contributed by atoms with Gasteiger partial charge in [0.1, 0.15) is 5.75 Å². The third-order valence-electron chi connectivity index (χ3n) is 2.23. The summed E-state index contributed by atoms with van der Waals surface area (Å²) >= 11 is 0. The van der Waals surface area contributed by atoms with Gasteiger partial charge in [-0.25, -0.2) is 0 Å². The van der Waals surface area contributed by atoms with Crippen molar-refractivity contribution in [2.45, 2.75) is 20.4 Å². The highest BCUT2D eigenvalue weighted by atomic mass is 16.5. The fourth-order valence-electron chi connectivity index (χ4n) is 1.28. The van der Waals surface area contributed by atoms with E-state index < -0.39 is 0 Å². The summed E-state index contributed by atoms with van der Waals surface area (Å²) < 4.78 is 5.38. The standard InChI is InChI=1S/C12H19NO/c1-4-13(3)10-11-6-8-12(9-7-11)14-5-2/h6-9H,4-5,10H2,1-3H3. The van der Waals surface area contributed by atoms with Crippen LogP contribution in [0.2, 0.25) is 0 Å². The molecule has 0 spiro atoms. The molecule has 0 saturated heterocycles. The molecule has 0 unspecified atom stereocenters. The number of hydrogen-bond acceptors (Lipinski definition) is 2. The SMILES string of the molecule is CCOc1ccc(CN(C)CC)cc1. The van der Waals surface area contributed by atoms with E-state index >= 15 is 0 Å². The summed E-state index contributed by atoms with van der Waals surface area (Å²) in [5, 5.41) is 0. The molecule has 0 fully saturated rings. The summed E-state index contributed by atoms with van der Waals surface area (Å²) in [5.41, 5.74) is 1.33. The highest BCUT2D eigenvalue weighted by Gasteiger charge is 1.97. The van der Waals surface area contributed by atoms with Crippen LogP contribution in [0.3, 0.4) is 0 Å². The molecule has 1 aromatic carbocycles. The van der Waals surface area contributed by atoms with Crippen molar-refractivity contribution in [3.05, 3.63) is 29.8 Å². The van der Waals surface area contributed by atoms with Crippen LogP contribution in [0.1, 0.15) is 19.4 Å². The zero-order chi connectivity index (χ0) is 10.4. The summed E-state index contributed by atoms with van der Waals surface area (Å²) in [7, 11) is 2.12. The van der Waals surface area contributed by atoms with Crippen molar-refractivity contribution >= 4 is 0 Å². The van der Waals surface area contributed by atoms with Gasteiger partial charge < -0.3 is 9.64 Å². The van der Waals surface area contributed by atoms with Crippen LogP contribution in [0, 0.1) is 0 Å². The lowest BCUT2D eigenvalue weighted by atomic mass is 10.2. The van der Waals surface area contributed by atoms with Gasteiger partial charge in [-0.3, -0.25) is 0 Å². The van der Waals surface area contributed by atoms with Gasteiger partial charge in [-0.05, 0) is 38.2 Å². The first-order chi connectivity index (χ1) is 6.76. The summed E-state index contributed by atoms with van der Waals surface area (Å²) in [4.78, 5) is 2.27. The second-order valence-corrected chi connectivity index (χ2v) is 3.41. The predicted molar refractivity (Wildman–Crippen MR) is 59.6 cm³/mol. The Hall–Kier alpha value is -1.02. The highest BCUT2D eigenvalue weighted by molar-refractivity contribution is 5.27. The number of benzene rings is 1. The van der Waals surface area contributed by atoms with E-state index in [1.54, 1.807) is 0 Å². The number of hydrogen-bond donors (Lipinski definition) is 0. The highest BCUT2D eigenvalue weighted by Crippen LogP contribution is 2.12. The van der Waals surface area contributed by atoms with Crippen molar-refractivity contribution in [2.24, 2.45) is 0 Å². The Morgan fingerprint density at radius 1 is 1.14 bits per heavy atom. The van der Waals surface area contributed by atoms with Crippen molar-refractivity contribution in [3.63, 3.8) is 0 Å². The van der Waals surface area contributed by atoms with E-state index in [-0.39, 0.29) is 0 Å². The molecule has 0 radical (unpaired) electrons. The van der Waals surface area contributed by atoms with Crippen LogP contribution in [0.5, 0.6) is 5.75 Å². The molecule has 0 amide bonds. The lowest BCUT2D eigenvalue weighted by Gasteiger charge is -2.13. The second-order valence-electron chi connectivity index (χ2n) is 3.41. The number of nitrogens with zero attached hydrogens (tertiary/aromatic N) is 1. The topological polar surface area (TPSA) is 12.5 Å². The molecule has 0 aliphatic heterocycles. The minimum Gasteiger partial charge on any atom is -0.494 e. The molecule has 0 bridgehead atoms. The third kappa shape index (κ3) is 3.38. The van der Waals surface area contributed by atoms with Crippen molar-refractivity contribution in [1.82, 2.24) is 4.90 Å². The quantitative estimate of drug-likeness (QED) is 0.712. The van der Waals surface area contributed by atoms with E-state index in [0.717, 1.165) is 25.4 Å². The van der Waals surface area contributed by atoms with Crippen molar-refractivity contribution in [2.75, 3.05) is 20.2 Å². The van der Waals surface area contributed by atoms with E-state index in [0.29, 0.717) is 0 Å². The number of ether oxygens (including phenoxy) is 1. The summed E-state index contributed by atoms with van der Waals surface area (Å²) in [5.74, 6) is 0.954. The average Bonchev–Trinajstić information content (AvgIpc) is 2.21. The molecule has 0 atom stereocenters. The van der Waals surface area contributed by atoms with Gasteiger partial charge in [-0.15, -0.1) is 0 Å². The molecule has 2 heteroatoms. The maximum Gasteiger partial charge on any atom is 0.119 e. The first-order valence-electron chi connectivity index (χ1n) is 5.16. The third-order valence-corrected chi connectivity index (χ3v) is 2.23. The zero-order valence-corrected chi connectivity index (χ0v) is 9.29. The van der Waals surface area contributed by atoms with E-state index in [9.17, 15) is 0 Å². The van der Waals surface area contributed by atoms with Crippen LogP contribution in [-0.4, -0.2) is 25.1 Å². The monoisotopic (exact) mass is 193 g/mol. The van der Waals surface area contributed by atoms with E-state index in [2.05, 4.69) is 31.0 Å². The van der Waals surface area contributed by atoms with Gasteiger partial charge in [-0.1, -0.05) is 19.1 Å². The van der Waals surface area contributed by atoms with Gasteiger partial charge in [0.05, 0.1) is 6.61 Å². The Kier molecular flexibility index (Phi) is 4.47. The van der Waals surface area contributed by atoms with Crippen LogP contribution in [-0.2, 0) is 6.54 Å². The van der Waals surface area contributed by atoms with Crippen LogP contribution < -0.4 is 4.74 Å². The smallest absolute Gasteiger partial charge is 0.119 e. The summed E-state index contributed by atoms with van der Waals surface area (Å²) in [6, 6.07) is 8.30. The second kappa shape index (κ2) is 5.66. The van der Waals surface area contributed by atoms with Gasteiger partial charge >= 0.3 is 0 Å². The fraction of sp³-hybridized carbons (Fsp3) is 0.500. The van der Waals surface area contributed by atoms with Crippen LogP contribution in [0.25, 0.3) is 0 Å². The molecule has 0 aliphatic rings. The van der Waals surface area contributed by atoms with E-state index in [1.165, 1.54) is 5.56 Å². The minimum atomic E-state index is 0.730. The predicted octanol–water partition coefficient (Wildman–Crippen LogP) is 2.54. The molecule has 14 heavy (non-hydrogen) atoms. The zero-order valence-electron chi connectivity index (χ0n) is 9.29. The van der Waals surface area contributed by atoms with E-state index in [1.807, 2.05) is 19.1 Å². The molecule has 1 rings (SSSR count). The molecule has 0 heterocycles. The van der Waals surface area contributed by atoms with Crippen LogP contribution >= 0.6 is 0 Å². The Balaban J connectivity index is 2.54. The van der Waals surface area contributed by atoms with Crippen LogP contribution in [0.15, 0.2) is 24.3 Å². The van der Waals surface area contributed by atoms with Gasteiger partial charge in [0, 0.05) is 6.54 Å². The first kappa shape index (κ1) is 11.1. The number of rotatable bonds is 5. The van der Waals surface area contributed by atoms with Gasteiger partial charge in [0.25, 0.3) is 0 Å². The van der Waals surface area contributed by atoms with E-state index in [4.69, 9.17) is 4.74 Å². The minimum absolute atomic E-state index is 0.730. The fourth-order valence-corrected chi connectivity index (χ4v) is 1.28. The Morgan fingerprint density at radius 3 is 2.29 bits per heavy atom. The first-order valence-corrected chi connectivity index (χ1v) is 5.16. The molecule has 0 N–H and O–H groups in total. The van der Waals surface area contributed by atoms with Crippen molar-refractivity contribution in [3.8, 4) is 5.75 Å². The molecule has 78 valence electrons. The Morgan fingerprint density at radius 2 is 1.79 bits per heavy atom. The van der Waals surface area contributed by atoms with Crippen LogP contribution in [0.4, 0.5) is 0 Å². The molecule has 2 nitrogen and oxygen atoms in total. The molecule has 0 aromatic heterocycles. The maximum atomic E-state index is 5.38. The van der Waals surface area contributed by atoms with Crippen molar-refractivity contribution < 1.29 is 4.74 Å². The molecular weight excluding hydrogens is 174 g/mol. The Labute approximate surface area is 86.5 Å². The lowest BCUT2D eigenvalue weighted by molar-refractivity contribution is 0.337. The largest absolute Gasteiger partial charge is 0.494 e. The lowest BCUT2D eigenvalue weighted by Crippen LogP contribution is -2.16. The van der Waals surface area contributed by atoms with Gasteiger partial charge in [0.15, 0.2) is 0 Å². The average molecular weight is 193 g/mol. The molecule has 0 saturated carbocycles. The van der Waals surface area contributed by atoms with Gasteiger partial charge in [0.2, 0.25) is 0 Å². The molecule has 0 aliphatic carbocycles. The normalized spacial score (nSPS) is 10.6. The summed E-state index contributed by atoms with van der Waals surface area (Å²) in [6.07, 6.45) is 0. The maximum absolute atomic E-state index is 5.38. The Bertz CT molecular complexity index is 256. The van der Waals surface area contributed by atoms with Gasteiger partial charge in [-0.2, -0.15) is 0 Å². The molecule has 1 aromatic rings. The summed E-state index contributed by atoms with van der Waals surface area (Å²) in [6.45, 7) is 6.97. The molecular formula is C12H19NO.